The predicted molar refractivity (Wildman–Crippen MR) is 101 cm³/mol. The summed E-state index contributed by atoms with van der Waals surface area (Å²) in [6.45, 7) is -0.439. The van der Waals surface area contributed by atoms with Gasteiger partial charge in [0.2, 0.25) is 0 Å². The molecular weight excluding hydrogens is 422 g/mol. The first-order valence-corrected chi connectivity index (χ1v) is 8.88. The highest BCUT2D eigenvalue weighted by molar-refractivity contribution is 14.1. The molecule has 0 bridgehead atoms. The van der Waals surface area contributed by atoms with Crippen LogP contribution < -0.4 is 11.1 Å². The topological polar surface area (TPSA) is 83.8 Å². The summed E-state index contributed by atoms with van der Waals surface area (Å²) in [5, 5.41) is 4.96. The van der Waals surface area contributed by atoms with Crippen molar-refractivity contribution in [2.24, 2.45) is 11.7 Å². The Morgan fingerprint density at radius 3 is 2.96 bits per heavy atom. The Labute approximate surface area is 151 Å². The number of carbonyl (C=O) groups excluding carboxylic acids is 1. The van der Waals surface area contributed by atoms with Crippen LogP contribution in [0.4, 0.5) is 10.2 Å². The van der Waals surface area contributed by atoms with Gasteiger partial charge in [-0.15, -0.1) is 0 Å². The molecule has 2 aromatic heterocycles. The Bertz CT molecular complexity index is 951. The van der Waals surface area contributed by atoms with Gasteiger partial charge in [-0.3, -0.25) is 4.79 Å². The summed E-state index contributed by atoms with van der Waals surface area (Å²) in [7, 11) is 0. The van der Waals surface area contributed by atoms with E-state index in [9.17, 15) is 9.18 Å². The van der Waals surface area contributed by atoms with Gasteiger partial charge >= 0.3 is 0 Å². The number of fused-ring (bicyclic) bond motifs is 3. The summed E-state index contributed by atoms with van der Waals surface area (Å²) in [5.41, 5.74) is 7.37. The Balaban J connectivity index is 1.94. The third-order valence-electron chi connectivity index (χ3n) is 4.53. The molecule has 5 nitrogen and oxygen atoms in total. The number of pyridine rings is 1. The zero-order valence-electron chi connectivity index (χ0n) is 12.8. The van der Waals surface area contributed by atoms with Gasteiger partial charge in [-0.2, -0.15) is 0 Å². The molecule has 1 unspecified atom stereocenters. The summed E-state index contributed by atoms with van der Waals surface area (Å²) >= 11 is 2.23. The van der Waals surface area contributed by atoms with E-state index in [0.717, 1.165) is 32.7 Å². The second-order valence-corrected chi connectivity index (χ2v) is 7.44. The Morgan fingerprint density at radius 1 is 1.50 bits per heavy atom. The van der Waals surface area contributed by atoms with Crippen molar-refractivity contribution in [3.63, 3.8) is 0 Å². The minimum absolute atomic E-state index is 0.242. The van der Waals surface area contributed by atoms with Crippen molar-refractivity contribution >= 4 is 56.1 Å². The highest BCUT2D eigenvalue weighted by Crippen LogP contribution is 2.37. The van der Waals surface area contributed by atoms with E-state index in [4.69, 9.17) is 5.73 Å². The minimum Gasteiger partial charge on any atom is -0.365 e. The lowest BCUT2D eigenvalue weighted by Gasteiger charge is -2.16. The van der Waals surface area contributed by atoms with E-state index in [1.807, 2.05) is 18.2 Å². The molecule has 1 fully saturated rings. The monoisotopic (exact) mass is 438 g/mol. The maximum absolute atomic E-state index is 13.4. The maximum atomic E-state index is 13.4. The molecule has 1 aliphatic rings. The predicted octanol–water partition coefficient (Wildman–Crippen LogP) is 3.58. The van der Waals surface area contributed by atoms with Gasteiger partial charge in [0.15, 0.2) is 0 Å². The van der Waals surface area contributed by atoms with Crippen LogP contribution in [0.15, 0.2) is 24.4 Å². The summed E-state index contributed by atoms with van der Waals surface area (Å²) in [6.07, 6.45) is 3.53. The summed E-state index contributed by atoms with van der Waals surface area (Å²) in [4.78, 5) is 19.4. The normalized spacial score (nSPS) is 15.8. The third-order valence-corrected chi connectivity index (χ3v) is 5.21. The van der Waals surface area contributed by atoms with E-state index < -0.39 is 12.6 Å². The van der Waals surface area contributed by atoms with Crippen molar-refractivity contribution in [3.05, 3.63) is 33.5 Å². The highest BCUT2D eigenvalue weighted by atomic mass is 127. The average Bonchev–Trinajstić information content (AvgIpc) is 3.32. The summed E-state index contributed by atoms with van der Waals surface area (Å²) < 4.78 is 14.4. The smallest absolute Gasteiger partial charge is 0.252 e. The number of hydrogen-bond acceptors (Lipinski definition) is 3. The number of alkyl halides is 1. The standard InChI is InChI=1S/C17H16FIN4O/c18-6-13(8-1-2-8)23-17-14-10-4-3-9(19)5-12(10)22-15(14)11(7-21-17)16(20)24/h3-5,7-8,13,22H,1-2,6H2,(H2,20,24)(H,21,23). The fourth-order valence-electron chi connectivity index (χ4n) is 3.13. The molecule has 0 saturated heterocycles. The van der Waals surface area contributed by atoms with Crippen molar-refractivity contribution in [2.45, 2.75) is 18.9 Å². The number of rotatable bonds is 5. The van der Waals surface area contributed by atoms with Crippen LogP contribution in [-0.2, 0) is 0 Å². The van der Waals surface area contributed by atoms with Gasteiger partial charge in [0, 0.05) is 20.7 Å². The molecule has 0 aliphatic heterocycles. The second-order valence-electron chi connectivity index (χ2n) is 6.19. The van der Waals surface area contributed by atoms with Crippen molar-refractivity contribution in [3.8, 4) is 0 Å². The minimum atomic E-state index is -0.537. The van der Waals surface area contributed by atoms with Gasteiger partial charge in [0.1, 0.15) is 12.5 Å². The van der Waals surface area contributed by atoms with E-state index in [1.165, 1.54) is 6.20 Å². The largest absolute Gasteiger partial charge is 0.365 e. The number of carbonyl (C=O) groups is 1. The molecule has 1 atom stereocenters. The van der Waals surface area contributed by atoms with Crippen LogP contribution in [0, 0.1) is 9.49 Å². The van der Waals surface area contributed by atoms with E-state index in [0.29, 0.717) is 22.8 Å². The van der Waals surface area contributed by atoms with E-state index >= 15 is 0 Å². The maximum Gasteiger partial charge on any atom is 0.252 e. The van der Waals surface area contributed by atoms with E-state index in [-0.39, 0.29) is 6.04 Å². The first-order chi connectivity index (χ1) is 11.6. The molecule has 3 aromatic rings. The lowest BCUT2D eigenvalue weighted by Crippen LogP contribution is -2.25. The number of halogens is 2. The van der Waals surface area contributed by atoms with Crippen LogP contribution in [0.3, 0.4) is 0 Å². The van der Waals surface area contributed by atoms with Crippen LogP contribution in [0.5, 0.6) is 0 Å². The van der Waals surface area contributed by atoms with Crippen molar-refractivity contribution in [1.82, 2.24) is 9.97 Å². The number of nitrogens with two attached hydrogens (primary N) is 1. The van der Waals surface area contributed by atoms with E-state index in [1.54, 1.807) is 0 Å². The molecule has 0 radical (unpaired) electrons. The van der Waals surface area contributed by atoms with Crippen LogP contribution in [0.2, 0.25) is 0 Å². The number of amides is 1. The fourth-order valence-corrected chi connectivity index (χ4v) is 3.62. The van der Waals surface area contributed by atoms with Crippen molar-refractivity contribution < 1.29 is 9.18 Å². The van der Waals surface area contributed by atoms with Crippen LogP contribution in [0.1, 0.15) is 23.2 Å². The second kappa shape index (κ2) is 5.87. The zero-order chi connectivity index (χ0) is 16.8. The number of aromatic amines is 1. The highest BCUT2D eigenvalue weighted by Gasteiger charge is 2.32. The first kappa shape index (κ1) is 15.6. The number of hydrogen-bond donors (Lipinski definition) is 3. The number of primary amides is 1. The molecule has 4 rings (SSSR count). The molecule has 0 spiro atoms. The summed E-state index contributed by atoms with van der Waals surface area (Å²) in [6, 6.07) is 5.73. The number of aromatic nitrogens is 2. The van der Waals surface area contributed by atoms with Crippen LogP contribution in [0.25, 0.3) is 21.8 Å². The van der Waals surface area contributed by atoms with Gasteiger partial charge < -0.3 is 16.0 Å². The third kappa shape index (κ3) is 2.60. The Kier molecular flexibility index (Phi) is 3.82. The van der Waals surface area contributed by atoms with Crippen molar-refractivity contribution in [2.75, 3.05) is 12.0 Å². The molecule has 7 heteroatoms. The van der Waals surface area contributed by atoms with Gasteiger partial charge in [-0.05, 0) is 53.5 Å². The number of anilines is 1. The van der Waals surface area contributed by atoms with Crippen molar-refractivity contribution in [1.29, 1.82) is 0 Å². The number of nitrogens with zero attached hydrogens (tertiary/aromatic N) is 1. The molecule has 2 heterocycles. The molecule has 1 aromatic carbocycles. The summed E-state index contributed by atoms with van der Waals surface area (Å²) in [5.74, 6) is 0.412. The Morgan fingerprint density at radius 2 is 2.29 bits per heavy atom. The number of nitrogens with one attached hydrogen (secondary N) is 2. The first-order valence-electron chi connectivity index (χ1n) is 7.80. The van der Waals surface area contributed by atoms with Crippen LogP contribution in [-0.4, -0.2) is 28.6 Å². The SMILES string of the molecule is NC(=O)c1cnc(NC(CF)C2CC2)c2c1[nH]c1cc(I)ccc12. The quantitative estimate of drug-likeness (QED) is 0.533. The van der Waals surface area contributed by atoms with Gasteiger partial charge in [-0.1, -0.05) is 6.07 Å². The van der Waals surface area contributed by atoms with Gasteiger partial charge in [-0.25, -0.2) is 9.37 Å². The van der Waals surface area contributed by atoms with Gasteiger partial charge in [0.05, 0.1) is 22.5 Å². The lowest BCUT2D eigenvalue weighted by atomic mass is 10.1. The molecule has 4 N–H and O–H groups in total. The van der Waals surface area contributed by atoms with E-state index in [2.05, 4.69) is 37.9 Å². The van der Waals surface area contributed by atoms with Gasteiger partial charge in [0.25, 0.3) is 5.91 Å². The molecule has 24 heavy (non-hydrogen) atoms. The number of benzene rings is 1. The molecule has 1 amide bonds. The molecule has 124 valence electrons. The fraction of sp³-hybridized carbons (Fsp3) is 0.294. The zero-order valence-corrected chi connectivity index (χ0v) is 14.9. The number of H-pyrrole nitrogens is 1. The van der Waals surface area contributed by atoms with Crippen LogP contribution >= 0.6 is 22.6 Å². The Hall–Kier alpha value is -1.90. The molecular formula is C17H16FIN4O. The molecule has 1 aliphatic carbocycles. The molecule has 1 saturated carbocycles. The average molecular weight is 438 g/mol. The lowest BCUT2D eigenvalue weighted by molar-refractivity contribution is 0.100.